The van der Waals surface area contributed by atoms with E-state index >= 15 is 0 Å². The maximum absolute atomic E-state index is 2.98. The molecule has 0 amide bonds. The van der Waals surface area contributed by atoms with Crippen LogP contribution in [-0.2, 0) is 0 Å². The lowest BCUT2D eigenvalue weighted by atomic mass is 9.46. The molecule has 2 heterocycles. The molecule has 136 valence electrons. The van der Waals surface area contributed by atoms with E-state index in [9.17, 15) is 0 Å². The number of nitrogens with zero attached hydrogens (tertiary/aromatic N) is 1. The van der Waals surface area contributed by atoms with Crippen molar-refractivity contribution >= 4 is 0 Å². The van der Waals surface area contributed by atoms with Crippen molar-refractivity contribution in [3.05, 3.63) is 23.3 Å². The van der Waals surface area contributed by atoms with Gasteiger partial charge in [0.25, 0.3) is 0 Å². The number of fused-ring (bicyclic) bond motifs is 1. The standard InChI is InChI=1S/C24H35N/c1-16-9-13-24-17(2)10-12-22(14-19(16)24,21(24,3)4)20-8-7-18-6-5-11-23(18)15-25(20)23/h7-8,17-18,20H,5-6,9-15H2,1-4H3. The Balaban J connectivity index is 1.50. The third kappa shape index (κ3) is 1.41. The van der Waals surface area contributed by atoms with Crippen molar-refractivity contribution in [2.24, 2.45) is 28.1 Å². The number of rotatable bonds is 1. The number of hydrogen-bond donors (Lipinski definition) is 0. The second-order valence-corrected chi connectivity index (χ2v) is 11.2. The SMILES string of the molecule is CC1=C2CC3(C4C=CC5CCCC56CN46)CCC(C)C2(CC1)C3(C)C. The molecule has 1 saturated heterocycles. The molecule has 3 saturated carbocycles. The molecule has 7 atom stereocenters. The molecule has 0 aromatic heterocycles. The zero-order valence-electron chi connectivity index (χ0n) is 16.7. The first-order valence-corrected chi connectivity index (χ1v) is 11.0. The molecule has 0 aromatic carbocycles. The highest BCUT2D eigenvalue weighted by Crippen LogP contribution is 2.79. The smallest absolute Gasteiger partial charge is 0.0406 e. The first kappa shape index (κ1) is 15.5. The summed E-state index contributed by atoms with van der Waals surface area (Å²) in [5.41, 5.74) is 5.72. The van der Waals surface area contributed by atoms with Crippen LogP contribution in [0, 0.1) is 28.1 Å². The highest BCUT2D eigenvalue weighted by atomic mass is 15.4. The van der Waals surface area contributed by atoms with E-state index in [0.29, 0.717) is 27.8 Å². The summed E-state index contributed by atoms with van der Waals surface area (Å²) >= 11 is 0. The summed E-state index contributed by atoms with van der Waals surface area (Å²) in [4.78, 5) is 2.98. The molecule has 25 heavy (non-hydrogen) atoms. The van der Waals surface area contributed by atoms with Crippen molar-refractivity contribution in [3.63, 3.8) is 0 Å². The van der Waals surface area contributed by atoms with E-state index in [1.165, 1.54) is 57.9 Å². The molecule has 4 aliphatic carbocycles. The Morgan fingerprint density at radius 1 is 1.08 bits per heavy atom. The third-order valence-corrected chi connectivity index (χ3v) is 10.8. The summed E-state index contributed by atoms with van der Waals surface area (Å²) in [7, 11) is 0. The summed E-state index contributed by atoms with van der Waals surface area (Å²) in [6.07, 6.45) is 16.9. The molecule has 2 bridgehead atoms. The fourth-order valence-electron chi connectivity index (χ4n) is 9.32. The van der Waals surface area contributed by atoms with Crippen LogP contribution in [0.1, 0.15) is 79.1 Å². The van der Waals surface area contributed by atoms with Gasteiger partial charge in [-0.05, 0) is 74.5 Å². The summed E-state index contributed by atoms with van der Waals surface area (Å²) < 4.78 is 0. The van der Waals surface area contributed by atoms with E-state index in [-0.39, 0.29) is 0 Å². The monoisotopic (exact) mass is 337 g/mol. The van der Waals surface area contributed by atoms with Gasteiger partial charge >= 0.3 is 0 Å². The Morgan fingerprint density at radius 2 is 1.92 bits per heavy atom. The molecule has 2 spiro atoms. The lowest BCUT2D eigenvalue weighted by molar-refractivity contribution is -0.0965. The van der Waals surface area contributed by atoms with Gasteiger partial charge in [0.1, 0.15) is 0 Å². The van der Waals surface area contributed by atoms with Crippen LogP contribution in [0.3, 0.4) is 0 Å². The topological polar surface area (TPSA) is 3.01 Å². The van der Waals surface area contributed by atoms with Crippen LogP contribution in [0.4, 0.5) is 0 Å². The fourth-order valence-corrected chi connectivity index (χ4v) is 9.32. The van der Waals surface area contributed by atoms with Gasteiger partial charge in [0.05, 0.1) is 0 Å². The summed E-state index contributed by atoms with van der Waals surface area (Å²) in [6, 6.07) is 0.715. The molecular formula is C24H35N. The van der Waals surface area contributed by atoms with Crippen LogP contribution in [0.15, 0.2) is 23.3 Å². The largest absolute Gasteiger partial charge is 0.287 e. The highest BCUT2D eigenvalue weighted by Gasteiger charge is 2.75. The van der Waals surface area contributed by atoms with Gasteiger partial charge in [-0.1, -0.05) is 50.5 Å². The second-order valence-electron chi connectivity index (χ2n) is 11.2. The minimum atomic E-state index is 0.439. The number of hydrogen-bond acceptors (Lipinski definition) is 1. The average Bonchev–Trinajstić information content (AvgIpc) is 2.98. The molecule has 1 heteroatoms. The predicted molar refractivity (Wildman–Crippen MR) is 103 cm³/mol. The van der Waals surface area contributed by atoms with E-state index in [1.54, 1.807) is 5.57 Å². The van der Waals surface area contributed by atoms with E-state index in [4.69, 9.17) is 0 Å². The minimum Gasteiger partial charge on any atom is -0.287 e. The van der Waals surface area contributed by atoms with Crippen molar-refractivity contribution in [1.29, 1.82) is 0 Å². The van der Waals surface area contributed by atoms with Gasteiger partial charge in [-0.2, -0.15) is 0 Å². The molecule has 0 radical (unpaired) electrons. The van der Waals surface area contributed by atoms with E-state index in [1.807, 2.05) is 5.57 Å². The highest BCUT2D eigenvalue weighted by molar-refractivity contribution is 5.44. The molecule has 6 aliphatic rings. The third-order valence-electron chi connectivity index (χ3n) is 10.8. The summed E-state index contributed by atoms with van der Waals surface area (Å²) in [5.74, 6) is 1.75. The van der Waals surface area contributed by atoms with Crippen molar-refractivity contribution in [1.82, 2.24) is 4.90 Å². The van der Waals surface area contributed by atoms with Crippen LogP contribution < -0.4 is 0 Å². The van der Waals surface area contributed by atoms with E-state index in [2.05, 4.69) is 44.7 Å². The fraction of sp³-hybridized carbons (Fsp3) is 0.833. The molecule has 4 fully saturated rings. The second kappa shape index (κ2) is 4.29. The van der Waals surface area contributed by atoms with Crippen LogP contribution in [0.5, 0.6) is 0 Å². The zero-order chi connectivity index (χ0) is 17.2. The Bertz CT molecular complexity index is 714. The molecule has 6 rings (SSSR count). The maximum atomic E-state index is 2.98. The van der Waals surface area contributed by atoms with Crippen molar-refractivity contribution in [3.8, 4) is 0 Å². The van der Waals surface area contributed by atoms with Crippen molar-refractivity contribution in [2.45, 2.75) is 90.6 Å². The molecular weight excluding hydrogens is 302 g/mol. The zero-order valence-corrected chi connectivity index (χ0v) is 16.7. The maximum Gasteiger partial charge on any atom is 0.0406 e. The lowest BCUT2D eigenvalue weighted by Crippen LogP contribution is -2.57. The van der Waals surface area contributed by atoms with Gasteiger partial charge < -0.3 is 0 Å². The Hall–Kier alpha value is -0.560. The first-order chi connectivity index (χ1) is 11.9. The van der Waals surface area contributed by atoms with Gasteiger partial charge in [-0.3, -0.25) is 4.90 Å². The van der Waals surface area contributed by atoms with Gasteiger partial charge in [0.15, 0.2) is 0 Å². The first-order valence-electron chi connectivity index (χ1n) is 11.0. The van der Waals surface area contributed by atoms with Gasteiger partial charge in [-0.25, -0.2) is 0 Å². The van der Waals surface area contributed by atoms with Crippen LogP contribution in [-0.4, -0.2) is 23.0 Å². The van der Waals surface area contributed by atoms with Gasteiger partial charge in [0, 0.05) is 23.5 Å². The normalized spacial score (nSPS) is 57.4. The molecule has 1 nitrogen and oxygen atoms in total. The Morgan fingerprint density at radius 3 is 2.76 bits per heavy atom. The Kier molecular flexibility index (Phi) is 2.66. The average molecular weight is 338 g/mol. The van der Waals surface area contributed by atoms with E-state index < -0.39 is 0 Å². The number of allylic oxidation sites excluding steroid dienone is 2. The van der Waals surface area contributed by atoms with Crippen LogP contribution in [0.25, 0.3) is 0 Å². The van der Waals surface area contributed by atoms with Gasteiger partial charge in [-0.15, -0.1) is 0 Å². The van der Waals surface area contributed by atoms with E-state index in [0.717, 1.165) is 11.8 Å². The quantitative estimate of drug-likeness (QED) is 0.437. The molecule has 0 N–H and O–H groups in total. The van der Waals surface area contributed by atoms with Crippen molar-refractivity contribution < 1.29 is 0 Å². The predicted octanol–water partition coefficient (Wildman–Crippen LogP) is 5.72. The summed E-state index contributed by atoms with van der Waals surface area (Å²) in [5, 5.41) is 0. The Labute approximate surface area is 153 Å². The minimum absolute atomic E-state index is 0.439. The molecule has 2 aliphatic heterocycles. The summed E-state index contributed by atoms with van der Waals surface area (Å²) in [6.45, 7) is 11.8. The van der Waals surface area contributed by atoms with Crippen LogP contribution >= 0.6 is 0 Å². The molecule has 7 unspecified atom stereocenters. The van der Waals surface area contributed by atoms with Crippen molar-refractivity contribution in [2.75, 3.05) is 6.54 Å². The lowest BCUT2D eigenvalue weighted by Gasteiger charge is -2.60. The molecule has 0 aromatic rings. The van der Waals surface area contributed by atoms with Gasteiger partial charge in [0.2, 0.25) is 0 Å². The van der Waals surface area contributed by atoms with Crippen LogP contribution in [0.2, 0.25) is 0 Å².